The highest BCUT2D eigenvalue weighted by molar-refractivity contribution is 7.99. The zero-order valence-electron chi connectivity index (χ0n) is 11.1. The van der Waals surface area contributed by atoms with Crippen LogP contribution in [-0.4, -0.2) is 21.9 Å². The van der Waals surface area contributed by atoms with Gasteiger partial charge in [0.05, 0.1) is 9.95 Å². The molecule has 0 amide bonds. The molecular weight excluding hydrogens is 335 g/mol. The topological polar surface area (TPSA) is 81.0 Å². The summed E-state index contributed by atoms with van der Waals surface area (Å²) < 4.78 is 0. The van der Waals surface area contributed by atoms with Crippen molar-refractivity contribution in [1.29, 1.82) is 0 Å². The smallest absolute Gasteiger partial charge is 0.322 e. The first-order valence-electron chi connectivity index (χ1n) is 5.76. The highest BCUT2D eigenvalue weighted by Gasteiger charge is 2.23. The molecule has 0 fully saturated rings. The van der Waals surface area contributed by atoms with Gasteiger partial charge >= 0.3 is 5.69 Å². The van der Waals surface area contributed by atoms with Gasteiger partial charge in [0, 0.05) is 17.0 Å². The third-order valence-corrected chi connectivity index (χ3v) is 4.24. The third kappa shape index (κ3) is 3.55. The fourth-order valence-electron chi connectivity index (χ4n) is 1.59. The summed E-state index contributed by atoms with van der Waals surface area (Å²) in [5, 5.41) is 15.1. The van der Waals surface area contributed by atoms with E-state index in [-0.39, 0.29) is 16.4 Å². The molecule has 0 aliphatic rings. The Balaban J connectivity index is 2.54. The van der Waals surface area contributed by atoms with E-state index in [0.717, 1.165) is 11.8 Å². The summed E-state index contributed by atoms with van der Waals surface area (Å²) >= 11 is 13.1. The van der Waals surface area contributed by atoms with Gasteiger partial charge in [0.25, 0.3) is 0 Å². The number of rotatable bonds is 4. The van der Waals surface area contributed by atoms with Crippen LogP contribution < -0.4 is 5.32 Å². The van der Waals surface area contributed by atoms with Gasteiger partial charge in [0.15, 0.2) is 5.03 Å². The van der Waals surface area contributed by atoms with E-state index in [4.69, 9.17) is 23.2 Å². The molecule has 0 radical (unpaired) electrons. The van der Waals surface area contributed by atoms with Gasteiger partial charge in [-0.05, 0) is 25.1 Å². The lowest BCUT2D eigenvalue weighted by Gasteiger charge is -2.08. The molecule has 110 valence electrons. The molecular formula is C12H10Cl2N4O2S. The monoisotopic (exact) mass is 344 g/mol. The molecule has 1 aromatic heterocycles. The lowest BCUT2D eigenvalue weighted by Crippen LogP contribution is -2.04. The summed E-state index contributed by atoms with van der Waals surface area (Å²) in [4.78, 5) is 19.5. The number of hydrogen-bond acceptors (Lipinski definition) is 6. The van der Waals surface area contributed by atoms with E-state index in [2.05, 4.69) is 15.3 Å². The van der Waals surface area contributed by atoms with E-state index in [9.17, 15) is 10.1 Å². The second-order valence-corrected chi connectivity index (χ2v) is 5.84. The minimum absolute atomic E-state index is 0.143. The van der Waals surface area contributed by atoms with Crippen LogP contribution >= 0.6 is 35.0 Å². The van der Waals surface area contributed by atoms with Crippen LogP contribution in [0.5, 0.6) is 0 Å². The quantitative estimate of drug-likeness (QED) is 0.508. The number of benzene rings is 1. The first kappa shape index (κ1) is 15.8. The molecule has 0 saturated heterocycles. The molecule has 0 spiro atoms. The zero-order chi connectivity index (χ0) is 15.6. The van der Waals surface area contributed by atoms with Crippen LogP contribution in [0.1, 0.15) is 5.69 Å². The molecule has 0 saturated carbocycles. The van der Waals surface area contributed by atoms with Crippen molar-refractivity contribution in [3.05, 3.63) is 44.1 Å². The van der Waals surface area contributed by atoms with Crippen LogP contribution in [0.15, 0.2) is 28.1 Å². The van der Waals surface area contributed by atoms with Gasteiger partial charge in [0.1, 0.15) is 5.69 Å². The minimum atomic E-state index is -0.504. The molecule has 2 aromatic rings. The molecule has 1 aromatic carbocycles. The highest BCUT2D eigenvalue weighted by atomic mass is 35.5. The van der Waals surface area contributed by atoms with Gasteiger partial charge in [0.2, 0.25) is 5.95 Å². The number of halogens is 2. The molecule has 1 N–H and O–H groups in total. The van der Waals surface area contributed by atoms with E-state index < -0.39 is 4.92 Å². The Hall–Kier alpha value is -1.57. The average molecular weight is 345 g/mol. The molecule has 0 unspecified atom stereocenters. The number of nitrogens with zero attached hydrogens (tertiary/aromatic N) is 3. The van der Waals surface area contributed by atoms with Crippen molar-refractivity contribution in [2.75, 3.05) is 12.4 Å². The Kier molecular flexibility index (Phi) is 4.87. The van der Waals surface area contributed by atoms with E-state index in [1.165, 1.54) is 0 Å². The summed E-state index contributed by atoms with van der Waals surface area (Å²) in [6.07, 6.45) is 0. The minimum Gasteiger partial charge on any atom is -0.357 e. The first-order valence-corrected chi connectivity index (χ1v) is 7.33. The Bertz CT molecular complexity index is 712. The maximum absolute atomic E-state index is 11.2. The molecule has 6 nitrogen and oxygen atoms in total. The summed E-state index contributed by atoms with van der Waals surface area (Å²) in [6, 6.07) is 4.91. The Morgan fingerprint density at radius 2 is 2.05 bits per heavy atom. The molecule has 1 heterocycles. The number of aryl methyl sites for hydroxylation is 1. The Labute approximate surface area is 135 Å². The molecule has 0 aliphatic carbocycles. The molecule has 0 atom stereocenters. The van der Waals surface area contributed by atoms with Gasteiger partial charge in [-0.2, -0.15) is 4.98 Å². The molecule has 0 bridgehead atoms. The zero-order valence-corrected chi connectivity index (χ0v) is 13.4. The van der Waals surface area contributed by atoms with Gasteiger partial charge in [-0.25, -0.2) is 4.98 Å². The number of aromatic nitrogens is 2. The maximum Gasteiger partial charge on any atom is 0.322 e. The number of nitrogens with one attached hydrogen (secondary N) is 1. The van der Waals surface area contributed by atoms with Crippen molar-refractivity contribution >= 4 is 46.6 Å². The van der Waals surface area contributed by atoms with Crippen molar-refractivity contribution in [2.45, 2.75) is 16.8 Å². The van der Waals surface area contributed by atoms with E-state index in [0.29, 0.717) is 20.9 Å². The first-order chi connectivity index (χ1) is 9.92. The summed E-state index contributed by atoms with van der Waals surface area (Å²) in [5.74, 6) is 0.304. The fourth-order valence-corrected chi connectivity index (χ4v) is 3.07. The molecule has 2 rings (SSSR count). The van der Waals surface area contributed by atoms with Crippen LogP contribution in [0.4, 0.5) is 11.6 Å². The van der Waals surface area contributed by atoms with Gasteiger partial charge in [-0.3, -0.25) is 10.1 Å². The maximum atomic E-state index is 11.2. The SMILES string of the molecule is CNc1nc(C)c([N+](=O)[O-])c(Sc2cc(Cl)ccc2Cl)n1. The lowest BCUT2D eigenvalue weighted by molar-refractivity contribution is -0.389. The molecule has 0 aliphatic heterocycles. The van der Waals surface area contributed by atoms with Gasteiger partial charge in [-0.1, -0.05) is 35.0 Å². The van der Waals surface area contributed by atoms with Crippen molar-refractivity contribution in [2.24, 2.45) is 0 Å². The predicted octanol–water partition coefficient (Wildman–Crippen LogP) is 4.19. The van der Waals surface area contributed by atoms with E-state index >= 15 is 0 Å². The summed E-state index contributed by atoms with van der Waals surface area (Å²) in [6.45, 7) is 1.56. The van der Waals surface area contributed by atoms with Gasteiger partial charge in [-0.15, -0.1) is 0 Å². The Morgan fingerprint density at radius 3 is 2.67 bits per heavy atom. The van der Waals surface area contributed by atoms with Crippen molar-refractivity contribution in [1.82, 2.24) is 9.97 Å². The van der Waals surface area contributed by atoms with E-state index in [1.54, 1.807) is 32.2 Å². The standard InChI is InChI=1S/C12H10Cl2N4O2S/c1-6-10(18(19)20)11(17-12(15-2)16-6)21-9-5-7(13)3-4-8(9)14/h3-5H,1-2H3,(H,15,16,17). The van der Waals surface area contributed by atoms with Gasteiger partial charge < -0.3 is 5.32 Å². The van der Waals surface area contributed by atoms with Crippen LogP contribution in [0.25, 0.3) is 0 Å². The van der Waals surface area contributed by atoms with Crippen molar-refractivity contribution < 1.29 is 4.92 Å². The van der Waals surface area contributed by atoms with Crippen LogP contribution in [0, 0.1) is 17.0 Å². The molecule has 9 heteroatoms. The average Bonchev–Trinajstić information content (AvgIpc) is 2.41. The number of hydrogen-bond donors (Lipinski definition) is 1. The summed E-state index contributed by atoms with van der Waals surface area (Å²) in [5.41, 5.74) is 0.134. The normalized spacial score (nSPS) is 10.5. The van der Waals surface area contributed by atoms with E-state index in [1.807, 2.05) is 0 Å². The second kappa shape index (κ2) is 6.46. The predicted molar refractivity (Wildman–Crippen MR) is 83.6 cm³/mol. The largest absolute Gasteiger partial charge is 0.357 e. The number of nitro groups is 1. The lowest BCUT2D eigenvalue weighted by atomic mass is 10.4. The molecule has 21 heavy (non-hydrogen) atoms. The van der Waals surface area contributed by atoms with Crippen molar-refractivity contribution in [3.63, 3.8) is 0 Å². The van der Waals surface area contributed by atoms with Crippen molar-refractivity contribution in [3.8, 4) is 0 Å². The third-order valence-electron chi connectivity index (χ3n) is 2.53. The highest BCUT2D eigenvalue weighted by Crippen LogP contribution is 2.39. The van der Waals surface area contributed by atoms with Crippen LogP contribution in [0.3, 0.4) is 0 Å². The number of anilines is 1. The summed E-state index contributed by atoms with van der Waals surface area (Å²) in [7, 11) is 1.64. The second-order valence-electron chi connectivity index (χ2n) is 3.97. The fraction of sp³-hybridized carbons (Fsp3) is 0.167. The van der Waals surface area contributed by atoms with Crippen LogP contribution in [-0.2, 0) is 0 Å². The van der Waals surface area contributed by atoms with Crippen LogP contribution in [0.2, 0.25) is 10.0 Å². The Morgan fingerprint density at radius 1 is 1.33 bits per heavy atom.